The number of aromatic nitrogens is 1. The van der Waals surface area contributed by atoms with Crippen LogP contribution in [0.15, 0.2) is 42.6 Å². The number of nitrogens with zero attached hydrogens (tertiary/aromatic N) is 2. The second-order valence-corrected chi connectivity index (χ2v) is 7.57. The number of aryl methyl sites for hydroxylation is 1. The Kier molecular flexibility index (Phi) is 4.31. The Morgan fingerprint density at radius 3 is 2.65 bits per heavy atom. The van der Waals surface area contributed by atoms with Gasteiger partial charge in [0.2, 0.25) is 5.91 Å². The highest BCUT2D eigenvalue weighted by Gasteiger charge is 2.47. The minimum Gasteiger partial charge on any atom is -0.357 e. The van der Waals surface area contributed by atoms with Crippen LogP contribution in [0.1, 0.15) is 47.3 Å². The SMILES string of the molecule is Cc1cccc(CN2C(=O)CCC23CCN(C(=O)c2ccc[nH]2)CC3)c1. The number of aromatic amines is 1. The number of piperidine rings is 1. The van der Waals surface area contributed by atoms with Crippen molar-refractivity contribution in [1.82, 2.24) is 14.8 Å². The Hall–Kier alpha value is -2.56. The molecule has 5 nitrogen and oxygen atoms in total. The highest BCUT2D eigenvalue weighted by Crippen LogP contribution is 2.40. The van der Waals surface area contributed by atoms with E-state index in [2.05, 4.69) is 41.1 Å². The Morgan fingerprint density at radius 1 is 1.15 bits per heavy atom. The zero-order valence-electron chi connectivity index (χ0n) is 15.2. The van der Waals surface area contributed by atoms with E-state index in [0.717, 1.165) is 19.3 Å². The van der Waals surface area contributed by atoms with Gasteiger partial charge < -0.3 is 14.8 Å². The number of amides is 2. The number of nitrogens with one attached hydrogen (secondary N) is 1. The molecule has 1 N–H and O–H groups in total. The zero-order valence-corrected chi connectivity index (χ0v) is 15.2. The van der Waals surface area contributed by atoms with Crippen LogP contribution in [-0.2, 0) is 11.3 Å². The Balaban J connectivity index is 1.47. The molecular formula is C21H25N3O2. The molecule has 0 unspecified atom stereocenters. The molecule has 5 heteroatoms. The predicted octanol–water partition coefficient (Wildman–Crippen LogP) is 3.12. The van der Waals surface area contributed by atoms with E-state index in [1.54, 1.807) is 6.20 Å². The van der Waals surface area contributed by atoms with Gasteiger partial charge in [-0.1, -0.05) is 29.8 Å². The van der Waals surface area contributed by atoms with E-state index in [-0.39, 0.29) is 17.4 Å². The molecule has 1 aromatic carbocycles. The minimum absolute atomic E-state index is 0.0550. The average Bonchev–Trinajstić information content (AvgIpc) is 3.27. The maximum atomic E-state index is 12.6. The summed E-state index contributed by atoms with van der Waals surface area (Å²) in [6, 6.07) is 12.0. The quantitative estimate of drug-likeness (QED) is 0.924. The van der Waals surface area contributed by atoms with Crippen molar-refractivity contribution in [2.45, 2.75) is 44.7 Å². The minimum atomic E-state index is -0.0899. The third kappa shape index (κ3) is 3.02. The van der Waals surface area contributed by atoms with Gasteiger partial charge in [-0.3, -0.25) is 9.59 Å². The topological polar surface area (TPSA) is 56.4 Å². The van der Waals surface area contributed by atoms with Crippen molar-refractivity contribution in [2.24, 2.45) is 0 Å². The van der Waals surface area contributed by atoms with E-state index >= 15 is 0 Å². The molecule has 0 bridgehead atoms. The number of hydrogen-bond donors (Lipinski definition) is 1. The lowest BCUT2D eigenvalue weighted by Gasteiger charge is -2.45. The first-order valence-electron chi connectivity index (χ1n) is 9.36. The first-order chi connectivity index (χ1) is 12.6. The largest absolute Gasteiger partial charge is 0.357 e. The van der Waals surface area contributed by atoms with E-state index in [1.165, 1.54) is 11.1 Å². The summed E-state index contributed by atoms with van der Waals surface area (Å²) in [6.07, 6.45) is 5.02. The molecule has 0 aliphatic carbocycles. The normalized spacial score (nSPS) is 19.3. The van der Waals surface area contributed by atoms with Crippen LogP contribution < -0.4 is 0 Å². The number of hydrogen-bond acceptors (Lipinski definition) is 2. The standard InChI is InChI=1S/C21H25N3O2/c1-16-4-2-5-17(14-16)15-24-19(25)7-8-21(24)9-12-23(13-10-21)20(26)18-6-3-11-22-18/h2-6,11,14,22H,7-10,12-13,15H2,1H3. The average molecular weight is 351 g/mol. The highest BCUT2D eigenvalue weighted by molar-refractivity contribution is 5.92. The van der Waals surface area contributed by atoms with Crippen molar-refractivity contribution in [3.05, 3.63) is 59.4 Å². The van der Waals surface area contributed by atoms with Crippen LogP contribution >= 0.6 is 0 Å². The van der Waals surface area contributed by atoms with Crippen molar-refractivity contribution >= 4 is 11.8 Å². The zero-order chi connectivity index (χ0) is 18.1. The van der Waals surface area contributed by atoms with Gasteiger partial charge in [-0.15, -0.1) is 0 Å². The molecule has 136 valence electrons. The highest BCUT2D eigenvalue weighted by atomic mass is 16.2. The van der Waals surface area contributed by atoms with Gasteiger partial charge in [0.15, 0.2) is 0 Å². The summed E-state index contributed by atoms with van der Waals surface area (Å²) in [5.74, 6) is 0.301. The first-order valence-corrected chi connectivity index (χ1v) is 9.36. The van der Waals surface area contributed by atoms with Crippen molar-refractivity contribution < 1.29 is 9.59 Å². The summed E-state index contributed by atoms with van der Waals surface area (Å²) in [6.45, 7) is 4.16. The van der Waals surface area contributed by atoms with Crippen LogP contribution in [0.3, 0.4) is 0 Å². The molecule has 0 atom stereocenters. The molecule has 4 rings (SSSR count). The van der Waals surface area contributed by atoms with Gasteiger partial charge in [0.1, 0.15) is 5.69 Å². The van der Waals surface area contributed by atoms with Gasteiger partial charge in [-0.25, -0.2) is 0 Å². The molecule has 2 aliphatic rings. The van der Waals surface area contributed by atoms with Crippen LogP contribution in [0, 0.1) is 6.92 Å². The Morgan fingerprint density at radius 2 is 1.96 bits per heavy atom. The summed E-state index contributed by atoms with van der Waals surface area (Å²) in [4.78, 5) is 32.1. The van der Waals surface area contributed by atoms with Crippen LogP contribution in [-0.4, -0.2) is 45.2 Å². The lowest BCUT2D eigenvalue weighted by Crippen LogP contribution is -2.53. The second-order valence-electron chi connectivity index (χ2n) is 7.57. The van der Waals surface area contributed by atoms with E-state index in [9.17, 15) is 9.59 Å². The van der Waals surface area contributed by atoms with Crippen LogP contribution in [0.2, 0.25) is 0 Å². The monoisotopic (exact) mass is 351 g/mol. The third-order valence-electron chi connectivity index (χ3n) is 5.91. The first kappa shape index (κ1) is 16.9. The van der Waals surface area contributed by atoms with Gasteiger partial charge >= 0.3 is 0 Å². The van der Waals surface area contributed by atoms with Crippen molar-refractivity contribution in [3.63, 3.8) is 0 Å². The molecule has 3 heterocycles. The summed E-state index contributed by atoms with van der Waals surface area (Å²) in [5.41, 5.74) is 2.95. The number of H-pyrrole nitrogens is 1. The maximum Gasteiger partial charge on any atom is 0.270 e. The van der Waals surface area contributed by atoms with Gasteiger partial charge in [0.05, 0.1) is 0 Å². The van der Waals surface area contributed by atoms with Crippen molar-refractivity contribution in [2.75, 3.05) is 13.1 Å². The van der Waals surface area contributed by atoms with E-state index in [1.807, 2.05) is 17.0 Å². The van der Waals surface area contributed by atoms with Crippen LogP contribution in [0.25, 0.3) is 0 Å². The van der Waals surface area contributed by atoms with E-state index in [4.69, 9.17) is 0 Å². The molecule has 2 saturated heterocycles. The van der Waals surface area contributed by atoms with Crippen molar-refractivity contribution in [3.8, 4) is 0 Å². The number of likely N-dealkylation sites (tertiary alicyclic amines) is 2. The van der Waals surface area contributed by atoms with Gasteiger partial charge in [0, 0.05) is 37.8 Å². The lowest BCUT2D eigenvalue weighted by molar-refractivity contribution is -0.133. The fourth-order valence-electron chi connectivity index (χ4n) is 4.40. The van der Waals surface area contributed by atoms with Gasteiger partial charge in [-0.2, -0.15) is 0 Å². The summed E-state index contributed by atoms with van der Waals surface area (Å²) in [7, 11) is 0. The Labute approximate surface area is 154 Å². The smallest absolute Gasteiger partial charge is 0.270 e. The molecular weight excluding hydrogens is 326 g/mol. The Bertz CT molecular complexity index is 804. The third-order valence-corrected chi connectivity index (χ3v) is 5.91. The molecule has 0 radical (unpaired) electrons. The molecule has 1 aromatic heterocycles. The maximum absolute atomic E-state index is 12.6. The van der Waals surface area contributed by atoms with E-state index < -0.39 is 0 Å². The van der Waals surface area contributed by atoms with Crippen LogP contribution in [0.4, 0.5) is 0 Å². The van der Waals surface area contributed by atoms with Gasteiger partial charge in [0.25, 0.3) is 5.91 Å². The number of benzene rings is 1. The van der Waals surface area contributed by atoms with E-state index in [0.29, 0.717) is 31.7 Å². The fraction of sp³-hybridized carbons (Fsp3) is 0.429. The molecule has 2 aromatic rings. The molecule has 0 saturated carbocycles. The fourth-order valence-corrected chi connectivity index (χ4v) is 4.40. The summed E-state index contributed by atoms with van der Waals surface area (Å²) in [5, 5.41) is 0. The number of carbonyl (C=O) groups excluding carboxylic acids is 2. The molecule has 2 amide bonds. The molecule has 2 fully saturated rings. The summed E-state index contributed by atoms with van der Waals surface area (Å²) >= 11 is 0. The predicted molar refractivity (Wildman–Crippen MR) is 99.6 cm³/mol. The summed E-state index contributed by atoms with van der Waals surface area (Å²) < 4.78 is 0. The number of carbonyl (C=O) groups is 2. The second kappa shape index (κ2) is 6.63. The molecule has 1 spiro atoms. The number of rotatable bonds is 3. The van der Waals surface area contributed by atoms with Crippen LogP contribution in [0.5, 0.6) is 0 Å². The van der Waals surface area contributed by atoms with Gasteiger partial charge in [-0.05, 0) is 43.9 Å². The molecule has 26 heavy (non-hydrogen) atoms. The lowest BCUT2D eigenvalue weighted by atomic mass is 9.84. The van der Waals surface area contributed by atoms with Crippen molar-refractivity contribution in [1.29, 1.82) is 0 Å². The molecule has 2 aliphatic heterocycles.